The van der Waals surface area contributed by atoms with Crippen LogP contribution in [0.4, 0.5) is 13.2 Å². The van der Waals surface area contributed by atoms with E-state index in [1.165, 1.54) is 13.8 Å². The van der Waals surface area contributed by atoms with E-state index in [-0.39, 0.29) is 58.2 Å². The molecule has 2 amide bonds. The number of piperidine rings is 1. The van der Waals surface area contributed by atoms with Crippen molar-refractivity contribution in [1.29, 1.82) is 0 Å². The van der Waals surface area contributed by atoms with Crippen molar-refractivity contribution in [3.8, 4) is 5.75 Å². The van der Waals surface area contributed by atoms with Crippen molar-refractivity contribution in [2.45, 2.75) is 109 Å². The lowest BCUT2D eigenvalue weighted by molar-refractivity contribution is -0.201. The predicted molar refractivity (Wildman–Crippen MR) is 175 cm³/mol. The van der Waals surface area contributed by atoms with Crippen LogP contribution in [0.1, 0.15) is 70.6 Å². The number of nitrogens with one attached hydrogen (secondary N) is 2. The third-order valence-electron chi connectivity index (χ3n) is 9.24. The average molecular weight is 732 g/mol. The summed E-state index contributed by atoms with van der Waals surface area (Å²) in [5, 5.41) is 34.1. The summed E-state index contributed by atoms with van der Waals surface area (Å²) >= 11 is 0. The molecule has 51 heavy (non-hydrogen) atoms. The molecule has 1 aromatic rings. The van der Waals surface area contributed by atoms with Crippen molar-refractivity contribution < 1.29 is 66.7 Å². The maximum absolute atomic E-state index is 13.5. The molecule has 0 bridgehead atoms. The number of aliphatic hydroxyl groups is 3. The molecule has 2 aliphatic heterocycles. The number of nitrogens with zero attached hydrogens (tertiary/aromatic N) is 1. The van der Waals surface area contributed by atoms with Gasteiger partial charge in [0.25, 0.3) is 0 Å². The Labute approximate surface area is 294 Å². The Bertz CT molecular complexity index is 1480. The van der Waals surface area contributed by atoms with Gasteiger partial charge in [-0.05, 0) is 59.3 Å². The lowest BCUT2D eigenvalue weighted by Gasteiger charge is -2.59. The van der Waals surface area contributed by atoms with Crippen molar-refractivity contribution in [3.63, 3.8) is 0 Å². The molecule has 0 saturated carbocycles. The lowest BCUT2D eigenvalue weighted by atomic mass is 9.53. The number of rotatable bonds is 11. The Morgan fingerprint density at radius 2 is 1.63 bits per heavy atom. The van der Waals surface area contributed by atoms with Gasteiger partial charge in [0.05, 0.1) is 24.9 Å². The zero-order chi connectivity index (χ0) is 37.6. The number of aldehydes is 1. The number of likely N-dealkylation sites (tertiary alicyclic amines) is 1. The molecule has 1 aliphatic carbocycles. The molecule has 3 aliphatic rings. The Morgan fingerprint density at radius 1 is 1.08 bits per heavy atom. The number of carbonyl (C=O) groups is 5. The zero-order valence-electron chi connectivity index (χ0n) is 28.5. The summed E-state index contributed by atoms with van der Waals surface area (Å²) in [6, 6.07) is 3.35. The Morgan fingerprint density at radius 3 is 2.14 bits per heavy atom. The van der Waals surface area contributed by atoms with Gasteiger partial charge in [0, 0.05) is 36.7 Å². The van der Waals surface area contributed by atoms with Crippen LogP contribution in [0.5, 0.6) is 5.75 Å². The smallest absolute Gasteiger partial charge is 0.446 e. The molecule has 1 saturated heterocycles. The summed E-state index contributed by atoms with van der Waals surface area (Å²) in [4.78, 5) is 60.7. The quantitative estimate of drug-likeness (QED) is 0.163. The third-order valence-corrected chi connectivity index (χ3v) is 9.24. The molecular weight excluding hydrogens is 683 g/mol. The first-order valence-corrected chi connectivity index (χ1v) is 16.0. The SMILES string of the molecule is C.Cc1ccc(CO)c2c1[C@]13CCN(C)[C@H](C)[C@]1(OC(=O)CCNC(=O)[C@H](C)O)CC=C(OC(=O)CCNC(=O)[C@H](C)O)[C@@H]3O2.O=CC(F)(F)F. The summed E-state index contributed by atoms with van der Waals surface area (Å²) < 4.78 is 50.2. The number of amides is 2. The Hall–Kier alpha value is -4.06. The molecule has 5 N–H and O–H groups in total. The summed E-state index contributed by atoms with van der Waals surface area (Å²) in [5.74, 6) is -1.65. The minimum Gasteiger partial charge on any atom is -0.481 e. The molecular formula is C34H48F3N3O11. The van der Waals surface area contributed by atoms with Gasteiger partial charge in [0.2, 0.25) is 18.1 Å². The van der Waals surface area contributed by atoms with Gasteiger partial charge in [0.15, 0.2) is 6.10 Å². The van der Waals surface area contributed by atoms with Gasteiger partial charge in [-0.3, -0.25) is 28.9 Å². The number of ether oxygens (including phenoxy) is 3. The fourth-order valence-electron chi connectivity index (χ4n) is 6.70. The fraction of sp³-hybridized carbons (Fsp3) is 0.618. The molecule has 4 rings (SSSR count). The van der Waals surface area contributed by atoms with Gasteiger partial charge < -0.3 is 40.2 Å². The molecule has 286 valence electrons. The zero-order valence-corrected chi connectivity index (χ0v) is 28.5. The van der Waals surface area contributed by atoms with E-state index in [9.17, 15) is 47.7 Å². The number of halogens is 3. The van der Waals surface area contributed by atoms with Crippen LogP contribution in [0, 0.1) is 6.92 Å². The first-order chi connectivity index (χ1) is 23.3. The molecule has 1 spiro atoms. The van der Waals surface area contributed by atoms with Gasteiger partial charge >= 0.3 is 18.1 Å². The molecule has 0 unspecified atom stereocenters. The number of aryl methyl sites for hydroxylation is 1. The van der Waals surface area contributed by atoms with Crippen LogP contribution in [0.2, 0.25) is 0 Å². The van der Waals surface area contributed by atoms with Crippen LogP contribution < -0.4 is 15.4 Å². The van der Waals surface area contributed by atoms with Crippen LogP contribution in [-0.4, -0.2) is 113 Å². The molecule has 6 atom stereocenters. The first-order valence-electron chi connectivity index (χ1n) is 16.0. The Kier molecular flexibility index (Phi) is 14.7. The van der Waals surface area contributed by atoms with E-state index in [2.05, 4.69) is 15.5 Å². The Balaban J connectivity index is 0.00000118. The van der Waals surface area contributed by atoms with E-state index in [4.69, 9.17) is 19.0 Å². The van der Waals surface area contributed by atoms with Crippen molar-refractivity contribution >= 4 is 30.0 Å². The summed E-state index contributed by atoms with van der Waals surface area (Å²) in [6.07, 6.45) is -6.91. The van der Waals surface area contributed by atoms with E-state index in [0.29, 0.717) is 24.3 Å². The lowest BCUT2D eigenvalue weighted by Crippen LogP contribution is -2.73. The summed E-state index contributed by atoms with van der Waals surface area (Å²) in [6.45, 7) is 6.82. The minimum atomic E-state index is -4.64. The number of carbonyl (C=O) groups excluding carboxylic acids is 5. The maximum Gasteiger partial charge on any atom is 0.446 e. The highest BCUT2D eigenvalue weighted by Gasteiger charge is 2.71. The second-order valence-corrected chi connectivity index (χ2v) is 12.5. The molecule has 2 heterocycles. The van der Waals surface area contributed by atoms with Crippen LogP contribution in [0.15, 0.2) is 24.0 Å². The van der Waals surface area contributed by atoms with E-state index in [1.54, 1.807) is 12.1 Å². The highest BCUT2D eigenvalue weighted by Crippen LogP contribution is 2.63. The van der Waals surface area contributed by atoms with Gasteiger partial charge in [-0.2, -0.15) is 13.2 Å². The number of hydrogen-bond donors (Lipinski definition) is 5. The normalized spacial score (nSPS) is 24.6. The monoisotopic (exact) mass is 731 g/mol. The number of esters is 2. The largest absolute Gasteiger partial charge is 0.481 e. The van der Waals surface area contributed by atoms with Gasteiger partial charge in [-0.25, -0.2) is 0 Å². The second kappa shape index (κ2) is 17.4. The predicted octanol–water partition coefficient (Wildman–Crippen LogP) is 1.48. The number of hydrogen-bond acceptors (Lipinski definition) is 12. The van der Waals surface area contributed by atoms with Crippen molar-refractivity contribution in [1.82, 2.24) is 15.5 Å². The van der Waals surface area contributed by atoms with Gasteiger partial charge in [-0.15, -0.1) is 0 Å². The third kappa shape index (κ3) is 9.25. The summed E-state index contributed by atoms with van der Waals surface area (Å²) in [7, 11) is 1.94. The molecule has 14 nitrogen and oxygen atoms in total. The van der Waals surface area contributed by atoms with Crippen molar-refractivity contribution in [2.75, 3.05) is 26.7 Å². The molecule has 1 aromatic carbocycles. The van der Waals surface area contributed by atoms with Crippen molar-refractivity contribution in [2.24, 2.45) is 0 Å². The van der Waals surface area contributed by atoms with Gasteiger partial charge in [0.1, 0.15) is 29.3 Å². The van der Waals surface area contributed by atoms with E-state index in [0.717, 1.165) is 11.1 Å². The topological polar surface area (TPSA) is 201 Å². The number of alkyl halides is 3. The fourth-order valence-corrected chi connectivity index (χ4v) is 6.70. The van der Waals surface area contributed by atoms with Crippen molar-refractivity contribution in [3.05, 3.63) is 40.7 Å². The number of likely N-dealkylation sites (N-methyl/N-ethyl adjacent to an activating group) is 1. The maximum atomic E-state index is 13.5. The molecule has 1 fully saturated rings. The van der Waals surface area contributed by atoms with E-state index >= 15 is 0 Å². The summed E-state index contributed by atoms with van der Waals surface area (Å²) in [5.41, 5.74) is 0.0341. The highest BCUT2D eigenvalue weighted by atomic mass is 19.4. The van der Waals surface area contributed by atoms with Crippen LogP contribution in [0.25, 0.3) is 0 Å². The standard InChI is InChI=1S/C31H43N3O10.C2HF3O.CH4/c1-17-6-7-21(16-35)26-25(17)30-12-15-34(5)20(4)31(30,44-24(39)10-14-33-29(41)19(3)37)11-8-22(27(30)43-26)42-23(38)9-13-32-28(40)18(2)36;3-2(4,5)1-6;/h6-8,18-20,27,35-37H,9-16H2,1-5H3,(H,32,40)(H,33,41);1H;1H4/t18-,19-,20+,27-,30-,31+;;/m0../s1. The number of aliphatic hydroxyl groups excluding tert-OH is 3. The number of benzene rings is 1. The van der Waals surface area contributed by atoms with Crippen LogP contribution in [0.3, 0.4) is 0 Å². The second-order valence-electron chi connectivity index (χ2n) is 12.5. The van der Waals surface area contributed by atoms with Gasteiger partial charge in [-0.1, -0.05) is 19.6 Å². The number of fused-ring (bicyclic) bond motifs is 1. The van der Waals surface area contributed by atoms with Crippen LogP contribution >= 0.6 is 0 Å². The molecule has 0 radical (unpaired) electrons. The average Bonchev–Trinajstić information content (AvgIpc) is 3.41. The minimum absolute atomic E-state index is 0. The molecule has 17 heteroatoms. The first kappa shape index (κ1) is 43.1. The van der Waals surface area contributed by atoms with Crippen LogP contribution in [-0.2, 0) is 45.5 Å². The molecule has 0 aromatic heterocycles. The highest BCUT2D eigenvalue weighted by molar-refractivity contribution is 5.81. The van der Waals surface area contributed by atoms with E-state index < -0.39 is 65.5 Å². The van der Waals surface area contributed by atoms with E-state index in [1.807, 2.05) is 27.0 Å².